The predicted octanol–water partition coefficient (Wildman–Crippen LogP) is 2.69. The topological polar surface area (TPSA) is 43.4 Å². The van der Waals surface area contributed by atoms with Crippen LogP contribution < -0.4 is 4.74 Å². The van der Waals surface area contributed by atoms with Crippen molar-refractivity contribution < 1.29 is 13.2 Å². The van der Waals surface area contributed by atoms with Crippen LogP contribution in [-0.4, -0.2) is 15.5 Å². The zero-order chi connectivity index (χ0) is 10.9. The molecule has 0 N–H and O–H groups in total. The van der Waals surface area contributed by atoms with Crippen LogP contribution >= 0.6 is 26.6 Å². The Morgan fingerprint density at radius 1 is 1.43 bits per heavy atom. The van der Waals surface area contributed by atoms with Gasteiger partial charge in [-0.25, -0.2) is 8.42 Å². The van der Waals surface area contributed by atoms with Gasteiger partial charge in [0.1, 0.15) is 5.75 Å². The molecule has 0 amide bonds. The van der Waals surface area contributed by atoms with E-state index in [4.69, 9.17) is 15.4 Å². The summed E-state index contributed by atoms with van der Waals surface area (Å²) in [5.74, 6) is 0.576. The van der Waals surface area contributed by atoms with Gasteiger partial charge < -0.3 is 4.74 Å². The minimum atomic E-state index is -3.69. The van der Waals surface area contributed by atoms with Crippen molar-refractivity contribution in [2.75, 3.05) is 7.11 Å². The summed E-state index contributed by atoms with van der Waals surface area (Å²) in [5, 5.41) is 0. The van der Waals surface area contributed by atoms with E-state index in [0.717, 1.165) is 0 Å². The molecule has 0 atom stereocenters. The molecule has 1 aromatic rings. The lowest BCUT2D eigenvalue weighted by Crippen LogP contribution is -1.96. The minimum absolute atomic E-state index is 0.0897. The monoisotopic (exact) mass is 298 g/mol. The molecule has 0 aliphatic heterocycles. The number of halogens is 2. The summed E-state index contributed by atoms with van der Waals surface area (Å²) < 4.78 is 27.8. The van der Waals surface area contributed by atoms with Crippen molar-refractivity contribution in [3.63, 3.8) is 0 Å². The molecule has 0 saturated heterocycles. The summed E-state index contributed by atoms with van der Waals surface area (Å²) in [6.07, 6.45) is 0. The SMILES string of the molecule is COc1cc(C)c(S(=O)(=O)Cl)cc1Br. The summed E-state index contributed by atoms with van der Waals surface area (Å²) >= 11 is 3.19. The zero-order valence-electron chi connectivity index (χ0n) is 7.54. The first kappa shape index (κ1) is 11.8. The largest absolute Gasteiger partial charge is 0.496 e. The van der Waals surface area contributed by atoms with Crippen molar-refractivity contribution in [2.24, 2.45) is 0 Å². The first-order valence-electron chi connectivity index (χ1n) is 3.65. The van der Waals surface area contributed by atoms with Gasteiger partial charge in [-0.3, -0.25) is 0 Å². The molecule has 0 unspecified atom stereocenters. The van der Waals surface area contributed by atoms with Gasteiger partial charge in [-0.1, -0.05) is 0 Å². The number of rotatable bonds is 2. The molecule has 0 aliphatic carbocycles. The number of methoxy groups -OCH3 is 1. The number of hydrogen-bond donors (Lipinski definition) is 0. The maximum absolute atomic E-state index is 11.1. The highest BCUT2D eigenvalue weighted by Crippen LogP contribution is 2.31. The van der Waals surface area contributed by atoms with Gasteiger partial charge in [-0.15, -0.1) is 0 Å². The Labute approximate surface area is 95.6 Å². The van der Waals surface area contributed by atoms with Crippen LogP contribution in [0.2, 0.25) is 0 Å². The highest BCUT2D eigenvalue weighted by molar-refractivity contribution is 9.10. The number of benzene rings is 1. The maximum atomic E-state index is 11.1. The number of hydrogen-bond acceptors (Lipinski definition) is 3. The summed E-state index contributed by atoms with van der Waals surface area (Å²) in [7, 11) is 3.06. The third-order valence-corrected chi connectivity index (χ3v) is 3.80. The average Bonchev–Trinajstić information content (AvgIpc) is 2.06. The Kier molecular flexibility index (Phi) is 3.44. The van der Waals surface area contributed by atoms with E-state index in [-0.39, 0.29) is 4.90 Å². The summed E-state index contributed by atoms with van der Waals surface area (Å²) in [6, 6.07) is 3.04. The van der Waals surface area contributed by atoms with Gasteiger partial charge in [0, 0.05) is 10.7 Å². The predicted molar refractivity (Wildman–Crippen MR) is 58.5 cm³/mol. The van der Waals surface area contributed by atoms with Crippen molar-refractivity contribution in [1.82, 2.24) is 0 Å². The van der Waals surface area contributed by atoms with Crippen LogP contribution in [0.3, 0.4) is 0 Å². The molecule has 78 valence electrons. The maximum Gasteiger partial charge on any atom is 0.261 e. The van der Waals surface area contributed by atoms with E-state index in [0.29, 0.717) is 15.8 Å². The molecule has 0 spiro atoms. The Morgan fingerprint density at radius 3 is 2.43 bits per heavy atom. The minimum Gasteiger partial charge on any atom is -0.496 e. The van der Waals surface area contributed by atoms with Crippen molar-refractivity contribution in [1.29, 1.82) is 0 Å². The Hall–Kier alpha value is -0.260. The Morgan fingerprint density at radius 2 is 2.00 bits per heavy atom. The number of ether oxygens (including phenoxy) is 1. The molecule has 0 bridgehead atoms. The molecule has 0 aliphatic rings. The second-order valence-electron chi connectivity index (χ2n) is 2.69. The molecule has 0 heterocycles. The van der Waals surface area contributed by atoms with Crippen LogP contribution in [0.1, 0.15) is 5.56 Å². The third kappa shape index (κ3) is 2.40. The first-order chi connectivity index (χ1) is 6.36. The van der Waals surface area contributed by atoms with E-state index in [9.17, 15) is 8.42 Å². The lowest BCUT2D eigenvalue weighted by Gasteiger charge is -2.07. The van der Waals surface area contributed by atoms with Gasteiger partial charge in [0.2, 0.25) is 0 Å². The normalized spacial score (nSPS) is 11.4. The first-order valence-corrected chi connectivity index (χ1v) is 6.75. The summed E-state index contributed by atoms with van der Waals surface area (Å²) in [6.45, 7) is 1.66. The molecule has 6 heteroatoms. The molecule has 3 nitrogen and oxygen atoms in total. The van der Waals surface area contributed by atoms with Gasteiger partial charge in [-0.05, 0) is 40.5 Å². The number of aryl methyl sites for hydroxylation is 1. The van der Waals surface area contributed by atoms with Crippen LogP contribution in [0, 0.1) is 6.92 Å². The Bertz CT molecular complexity index is 456. The molecule has 0 aromatic heterocycles. The summed E-state index contributed by atoms with van der Waals surface area (Å²) in [4.78, 5) is 0.0897. The van der Waals surface area contributed by atoms with Crippen LogP contribution in [0.4, 0.5) is 0 Å². The second kappa shape index (κ2) is 4.08. The fraction of sp³-hybridized carbons (Fsp3) is 0.250. The van der Waals surface area contributed by atoms with Crippen molar-refractivity contribution in [3.05, 3.63) is 22.2 Å². The van der Waals surface area contributed by atoms with E-state index in [1.165, 1.54) is 13.2 Å². The lowest BCUT2D eigenvalue weighted by molar-refractivity contribution is 0.411. The van der Waals surface area contributed by atoms with Crippen LogP contribution in [-0.2, 0) is 9.05 Å². The Balaban J connectivity index is 3.44. The molecule has 0 saturated carbocycles. The van der Waals surface area contributed by atoms with E-state index < -0.39 is 9.05 Å². The lowest BCUT2D eigenvalue weighted by atomic mass is 10.2. The van der Waals surface area contributed by atoms with Crippen molar-refractivity contribution >= 4 is 35.7 Å². The highest BCUT2D eigenvalue weighted by atomic mass is 79.9. The van der Waals surface area contributed by atoms with Crippen molar-refractivity contribution in [2.45, 2.75) is 11.8 Å². The highest BCUT2D eigenvalue weighted by Gasteiger charge is 2.16. The molecule has 14 heavy (non-hydrogen) atoms. The van der Waals surface area contributed by atoms with Crippen molar-refractivity contribution in [3.8, 4) is 5.75 Å². The van der Waals surface area contributed by atoms with Gasteiger partial charge in [0.15, 0.2) is 0 Å². The second-order valence-corrected chi connectivity index (χ2v) is 6.08. The average molecular weight is 300 g/mol. The van der Waals surface area contributed by atoms with Crippen LogP contribution in [0.15, 0.2) is 21.5 Å². The van der Waals surface area contributed by atoms with Gasteiger partial charge in [-0.2, -0.15) is 0 Å². The quantitative estimate of drug-likeness (QED) is 0.789. The fourth-order valence-corrected chi connectivity index (χ4v) is 2.91. The molecule has 1 rings (SSSR count). The molecular weight excluding hydrogens is 292 g/mol. The fourth-order valence-electron chi connectivity index (χ4n) is 1.06. The van der Waals surface area contributed by atoms with E-state index in [1.807, 2.05) is 0 Å². The molecule has 0 radical (unpaired) electrons. The molecule has 0 fully saturated rings. The molecule has 1 aromatic carbocycles. The zero-order valence-corrected chi connectivity index (χ0v) is 10.7. The van der Waals surface area contributed by atoms with E-state index in [2.05, 4.69) is 15.9 Å². The van der Waals surface area contributed by atoms with E-state index in [1.54, 1.807) is 13.0 Å². The smallest absolute Gasteiger partial charge is 0.261 e. The van der Waals surface area contributed by atoms with Crippen LogP contribution in [0.25, 0.3) is 0 Å². The van der Waals surface area contributed by atoms with Gasteiger partial charge in [0.25, 0.3) is 9.05 Å². The van der Waals surface area contributed by atoms with Gasteiger partial charge in [0.05, 0.1) is 16.5 Å². The van der Waals surface area contributed by atoms with Gasteiger partial charge >= 0.3 is 0 Å². The molecular formula is C8H8BrClO3S. The standard InChI is InChI=1S/C8H8BrClO3S/c1-5-3-7(13-2)6(9)4-8(5)14(10,11)12/h3-4H,1-2H3. The van der Waals surface area contributed by atoms with Crippen LogP contribution in [0.5, 0.6) is 5.75 Å². The third-order valence-electron chi connectivity index (χ3n) is 1.71. The summed E-state index contributed by atoms with van der Waals surface area (Å²) in [5.41, 5.74) is 0.556. The van der Waals surface area contributed by atoms with E-state index >= 15 is 0 Å².